The standard InChI is InChI=1S/C19H39N5/c1-4-20-19(22-15-18-10-7-14-24(18)5-2)21-11-8-13-23-12-6-9-17(3)16-23/h17-18H,4-16H2,1-3H3,(H2,20,21,22). The lowest BCUT2D eigenvalue weighted by molar-refractivity contribution is 0.182. The third-order valence-corrected chi connectivity index (χ3v) is 5.39. The van der Waals surface area contributed by atoms with Gasteiger partial charge in [-0.1, -0.05) is 13.8 Å². The summed E-state index contributed by atoms with van der Waals surface area (Å²) in [6.07, 6.45) is 6.59. The van der Waals surface area contributed by atoms with Crippen LogP contribution >= 0.6 is 0 Å². The third kappa shape index (κ3) is 6.60. The van der Waals surface area contributed by atoms with Crippen LogP contribution in [0.15, 0.2) is 4.99 Å². The van der Waals surface area contributed by atoms with Crippen LogP contribution in [0.25, 0.3) is 0 Å². The Labute approximate surface area is 149 Å². The van der Waals surface area contributed by atoms with E-state index in [4.69, 9.17) is 4.99 Å². The first-order valence-electron chi connectivity index (χ1n) is 10.2. The van der Waals surface area contributed by atoms with Gasteiger partial charge in [0.25, 0.3) is 0 Å². The molecule has 0 aromatic carbocycles. The summed E-state index contributed by atoms with van der Waals surface area (Å²) in [4.78, 5) is 10.0. The summed E-state index contributed by atoms with van der Waals surface area (Å²) < 4.78 is 0. The fraction of sp³-hybridized carbons (Fsp3) is 0.947. The average molecular weight is 338 g/mol. The number of nitrogens with zero attached hydrogens (tertiary/aromatic N) is 3. The van der Waals surface area contributed by atoms with Gasteiger partial charge in [0.2, 0.25) is 0 Å². The largest absolute Gasteiger partial charge is 0.357 e. The zero-order chi connectivity index (χ0) is 17.2. The molecule has 24 heavy (non-hydrogen) atoms. The normalized spacial score (nSPS) is 26.7. The van der Waals surface area contributed by atoms with E-state index in [1.54, 1.807) is 0 Å². The Morgan fingerprint density at radius 3 is 2.71 bits per heavy atom. The molecule has 2 aliphatic rings. The molecule has 2 heterocycles. The number of guanidine groups is 1. The highest BCUT2D eigenvalue weighted by molar-refractivity contribution is 5.79. The van der Waals surface area contributed by atoms with Gasteiger partial charge in [0.05, 0.1) is 6.54 Å². The second-order valence-electron chi connectivity index (χ2n) is 7.47. The lowest BCUT2D eigenvalue weighted by atomic mass is 10.0. The number of likely N-dealkylation sites (tertiary alicyclic amines) is 2. The quantitative estimate of drug-likeness (QED) is 0.405. The van der Waals surface area contributed by atoms with Gasteiger partial charge in [0.1, 0.15) is 0 Å². The molecule has 0 amide bonds. The molecule has 2 N–H and O–H groups in total. The lowest BCUT2D eigenvalue weighted by Crippen LogP contribution is -2.41. The zero-order valence-electron chi connectivity index (χ0n) is 16.2. The van der Waals surface area contributed by atoms with Gasteiger partial charge in [-0.3, -0.25) is 9.89 Å². The van der Waals surface area contributed by atoms with Crippen LogP contribution in [0.3, 0.4) is 0 Å². The number of piperidine rings is 1. The highest BCUT2D eigenvalue weighted by Gasteiger charge is 2.22. The molecular weight excluding hydrogens is 298 g/mol. The Balaban J connectivity index is 1.67. The van der Waals surface area contributed by atoms with Crippen molar-refractivity contribution < 1.29 is 0 Å². The molecule has 2 saturated heterocycles. The Morgan fingerprint density at radius 1 is 1.12 bits per heavy atom. The van der Waals surface area contributed by atoms with Crippen LogP contribution in [-0.4, -0.2) is 74.2 Å². The molecule has 0 spiro atoms. The summed E-state index contributed by atoms with van der Waals surface area (Å²) in [6, 6.07) is 0.639. The molecule has 2 unspecified atom stereocenters. The topological polar surface area (TPSA) is 42.9 Å². The molecule has 140 valence electrons. The van der Waals surface area contributed by atoms with Crippen molar-refractivity contribution in [2.75, 3.05) is 52.4 Å². The molecule has 5 nitrogen and oxygen atoms in total. The minimum atomic E-state index is 0.639. The van der Waals surface area contributed by atoms with Gasteiger partial charge in [0.15, 0.2) is 5.96 Å². The van der Waals surface area contributed by atoms with Crippen LogP contribution in [0.1, 0.15) is 52.9 Å². The number of likely N-dealkylation sites (N-methyl/N-ethyl adjacent to an activating group) is 1. The van der Waals surface area contributed by atoms with Crippen molar-refractivity contribution in [1.29, 1.82) is 0 Å². The van der Waals surface area contributed by atoms with Crippen molar-refractivity contribution in [3.05, 3.63) is 0 Å². The second kappa shape index (κ2) is 10.9. The molecule has 0 bridgehead atoms. The van der Waals surface area contributed by atoms with Crippen LogP contribution < -0.4 is 10.6 Å². The molecule has 2 rings (SSSR count). The van der Waals surface area contributed by atoms with Crippen LogP contribution in [0.4, 0.5) is 0 Å². The maximum Gasteiger partial charge on any atom is 0.191 e. The first kappa shape index (κ1) is 19.5. The highest BCUT2D eigenvalue weighted by Crippen LogP contribution is 2.16. The van der Waals surface area contributed by atoms with Crippen molar-refractivity contribution in [2.24, 2.45) is 10.9 Å². The average Bonchev–Trinajstić information content (AvgIpc) is 3.04. The van der Waals surface area contributed by atoms with E-state index in [1.807, 2.05) is 0 Å². The van der Waals surface area contributed by atoms with Gasteiger partial charge in [-0.05, 0) is 71.1 Å². The van der Waals surface area contributed by atoms with Gasteiger partial charge in [-0.25, -0.2) is 0 Å². The van der Waals surface area contributed by atoms with Crippen molar-refractivity contribution in [2.45, 2.75) is 58.9 Å². The van der Waals surface area contributed by atoms with Crippen LogP contribution in [0.5, 0.6) is 0 Å². The summed E-state index contributed by atoms with van der Waals surface area (Å²) >= 11 is 0. The van der Waals surface area contributed by atoms with Crippen molar-refractivity contribution in [3.63, 3.8) is 0 Å². The molecule has 0 saturated carbocycles. The Morgan fingerprint density at radius 2 is 1.96 bits per heavy atom. The fourth-order valence-corrected chi connectivity index (χ4v) is 4.06. The number of aliphatic imine (C=N–C) groups is 1. The Bertz CT molecular complexity index is 371. The van der Waals surface area contributed by atoms with E-state index in [-0.39, 0.29) is 0 Å². The molecule has 0 radical (unpaired) electrons. The lowest BCUT2D eigenvalue weighted by Gasteiger charge is -2.30. The van der Waals surface area contributed by atoms with E-state index in [1.165, 1.54) is 58.3 Å². The summed E-state index contributed by atoms with van der Waals surface area (Å²) in [5, 5.41) is 6.91. The minimum Gasteiger partial charge on any atom is -0.357 e. The van der Waals surface area contributed by atoms with Crippen molar-refractivity contribution in [3.8, 4) is 0 Å². The van der Waals surface area contributed by atoms with E-state index < -0.39 is 0 Å². The van der Waals surface area contributed by atoms with Crippen LogP contribution in [-0.2, 0) is 0 Å². The summed E-state index contributed by atoms with van der Waals surface area (Å²) in [6.45, 7) is 15.8. The Hall–Kier alpha value is -0.810. The van der Waals surface area contributed by atoms with Gasteiger partial charge < -0.3 is 15.5 Å². The monoisotopic (exact) mass is 337 g/mol. The third-order valence-electron chi connectivity index (χ3n) is 5.39. The van der Waals surface area contributed by atoms with Gasteiger partial charge in [0, 0.05) is 25.7 Å². The molecule has 2 atom stereocenters. The Kier molecular flexibility index (Phi) is 8.89. The van der Waals surface area contributed by atoms with Gasteiger partial charge in [-0.15, -0.1) is 0 Å². The maximum atomic E-state index is 4.83. The number of hydrogen-bond acceptors (Lipinski definition) is 3. The number of rotatable bonds is 8. The maximum absolute atomic E-state index is 4.83. The summed E-state index contributed by atoms with van der Waals surface area (Å²) in [5.74, 6) is 1.87. The summed E-state index contributed by atoms with van der Waals surface area (Å²) in [7, 11) is 0. The SMILES string of the molecule is CCNC(=NCC1CCCN1CC)NCCCN1CCCC(C)C1. The van der Waals surface area contributed by atoms with E-state index in [9.17, 15) is 0 Å². The molecule has 0 aromatic heterocycles. The number of nitrogens with one attached hydrogen (secondary N) is 2. The van der Waals surface area contributed by atoms with Crippen molar-refractivity contribution in [1.82, 2.24) is 20.4 Å². The molecule has 5 heteroatoms. The first-order valence-corrected chi connectivity index (χ1v) is 10.2. The molecule has 0 aliphatic carbocycles. The highest BCUT2D eigenvalue weighted by atomic mass is 15.2. The molecule has 2 fully saturated rings. The number of hydrogen-bond donors (Lipinski definition) is 2. The zero-order valence-corrected chi connectivity index (χ0v) is 16.2. The van der Waals surface area contributed by atoms with Crippen molar-refractivity contribution >= 4 is 5.96 Å². The molecule has 2 aliphatic heterocycles. The van der Waals surface area contributed by atoms with E-state index in [0.717, 1.165) is 38.1 Å². The fourth-order valence-electron chi connectivity index (χ4n) is 4.06. The van der Waals surface area contributed by atoms with Gasteiger partial charge in [-0.2, -0.15) is 0 Å². The van der Waals surface area contributed by atoms with E-state index in [0.29, 0.717) is 6.04 Å². The van der Waals surface area contributed by atoms with E-state index in [2.05, 4.69) is 41.2 Å². The van der Waals surface area contributed by atoms with E-state index >= 15 is 0 Å². The smallest absolute Gasteiger partial charge is 0.191 e. The van der Waals surface area contributed by atoms with Gasteiger partial charge >= 0.3 is 0 Å². The molecular formula is C19H39N5. The van der Waals surface area contributed by atoms with Crippen LogP contribution in [0, 0.1) is 5.92 Å². The second-order valence-corrected chi connectivity index (χ2v) is 7.47. The predicted octanol–water partition coefficient (Wildman–Crippen LogP) is 2.15. The molecule has 0 aromatic rings. The minimum absolute atomic E-state index is 0.639. The predicted molar refractivity (Wildman–Crippen MR) is 104 cm³/mol. The first-order chi connectivity index (χ1) is 11.7. The van der Waals surface area contributed by atoms with Crippen LogP contribution in [0.2, 0.25) is 0 Å². The summed E-state index contributed by atoms with van der Waals surface area (Å²) in [5.41, 5.74) is 0.